The van der Waals surface area contributed by atoms with Crippen molar-refractivity contribution in [2.24, 2.45) is 0 Å². The van der Waals surface area contributed by atoms with Crippen molar-refractivity contribution in [2.75, 3.05) is 13.2 Å². The number of nitrogens with zero attached hydrogens (tertiary/aromatic N) is 2. The molecule has 354 valence electrons. The molecule has 0 saturated carbocycles. The first-order chi connectivity index (χ1) is 29.9. The SMILES string of the molecule is CCCCCCCCCCCCCCC#CC1=C(c2cccc(C)c2)[N+](=[N-])C(c2cccc(CCCCCCCCCCCC)c2)=C1CCCC.CCCCO.CCCCO.[Ni]. The number of aryl methyl sites for hydroxylation is 2. The zero-order chi connectivity index (χ0) is 44.6. The van der Waals surface area contributed by atoms with Gasteiger partial charge in [-0.1, -0.05) is 224 Å². The Bertz CT molecular complexity index is 1510. The quantitative estimate of drug-likeness (QED) is 0.0333. The Morgan fingerprint density at radius 1 is 0.484 bits per heavy atom. The van der Waals surface area contributed by atoms with Crippen LogP contribution in [-0.2, 0) is 22.9 Å². The first-order valence-electron chi connectivity index (χ1n) is 25.8. The standard InChI is InChI=1S/C49H74N2.2C4H10O.Ni/c1-5-8-11-13-15-17-19-20-21-22-24-26-28-30-39-47-46(38-10-7-3)49(51(50)48(47)44-36-31-33-42(4)40-44)45-37-32-35-43(41-45)34-29-27-25-23-18-16-14-12-9-6-2;2*1-2-3-4-5;/h31-33,35-37,40-41H,5-29,34,38H2,1-4H3;2*5H,2-4H2,1H3;. The Morgan fingerprint density at radius 3 is 1.37 bits per heavy atom. The third kappa shape index (κ3) is 27.6. The molecular formula is C57H94N2NiO2. The molecule has 2 aromatic carbocycles. The minimum atomic E-state index is 0. The fourth-order valence-corrected chi connectivity index (χ4v) is 7.91. The van der Waals surface area contributed by atoms with E-state index in [1.165, 1.54) is 156 Å². The zero-order valence-electron chi connectivity index (χ0n) is 41.1. The molecule has 2 N–H and O–H groups in total. The van der Waals surface area contributed by atoms with E-state index >= 15 is 0 Å². The number of unbranched alkanes of at least 4 members (excludes halogenated alkanes) is 24. The van der Waals surface area contributed by atoms with Crippen LogP contribution in [0.2, 0.25) is 0 Å². The van der Waals surface area contributed by atoms with Crippen LogP contribution in [0.5, 0.6) is 0 Å². The topological polar surface area (TPSA) is 65.8 Å². The fourth-order valence-electron chi connectivity index (χ4n) is 7.91. The van der Waals surface area contributed by atoms with Crippen LogP contribution in [0.3, 0.4) is 0 Å². The molecule has 0 radical (unpaired) electrons. The minimum Gasteiger partial charge on any atom is -0.493 e. The molecule has 5 heteroatoms. The molecule has 1 aliphatic rings. The van der Waals surface area contributed by atoms with E-state index in [9.17, 15) is 5.53 Å². The van der Waals surface area contributed by atoms with Crippen LogP contribution in [0.1, 0.15) is 249 Å². The maximum atomic E-state index is 12.0. The third-order valence-electron chi connectivity index (χ3n) is 11.7. The second kappa shape index (κ2) is 42.4. The van der Waals surface area contributed by atoms with Gasteiger partial charge in [-0.25, -0.2) is 4.70 Å². The number of hydrogen-bond acceptors (Lipinski definition) is 2. The van der Waals surface area contributed by atoms with Gasteiger partial charge < -0.3 is 15.7 Å². The summed E-state index contributed by atoms with van der Waals surface area (Å²) in [5.74, 6) is 7.20. The summed E-state index contributed by atoms with van der Waals surface area (Å²) in [6.07, 6.45) is 39.0. The zero-order valence-corrected chi connectivity index (χ0v) is 42.0. The van der Waals surface area contributed by atoms with Gasteiger partial charge in [0.25, 0.3) is 0 Å². The van der Waals surface area contributed by atoms with Crippen LogP contribution in [0.25, 0.3) is 16.9 Å². The van der Waals surface area contributed by atoms with Gasteiger partial charge in [-0.3, -0.25) is 0 Å². The third-order valence-corrected chi connectivity index (χ3v) is 11.7. The van der Waals surface area contributed by atoms with Gasteiger partial charge in [0, 0.05) is 52.8 Å². The molecule has 0 spiro atoms. The molecular weight excluding hydrogens is 803 g/mol. The minimum absolute atomic E-state index is 0. The van der Waals surface area contributed by atoms with Gasteiger partial charge in [-0.15, -0.1) is 0 Å². The number of benzene rings is 2. The van der Waals surface area contributed by atoms with Crippen molar-refractivity contribution in [2.45, 2.75) is 241 Å². The number of aliphatic hydroxyl groups excluding tert-OH is 2. The van der Waals surface area contributed by atoms with Crippen LogP contribution >= 0.6 is 0 Å². The van der Waals surface area contributed by atoms with Gasteiger partial charge in [0.1, 0.15) is 5.57 Å². The predicted molar refractivity (Wildman–Crippen MR) is 268 cm³/mol. The Kier molecular flexibility index (Phi) is 40.7. The summed E-state index contributed by atoms with van der Waals surface area (Å²) in [6, 6.07) is 17.5. The van der Waals surface area contributed by atoms with Gasteiger partial charge in [-0.2, -0.15) is 0 Å². The van der Waals surface area contributed by atoms with Gasteiger partial charge in [0.2, 0.25) is 11.4 Å². The van der Waals surface area contributed by atoms with Crippen molar-refractivity contribution in [3.8, 4) is 11.8 Å². The fraction of sp³-hybridized carbons (Fsp3) is 0.684. The van der Waals surface area contributed by atoms with Gasteiger partial charge in [-0.05, 0) is 81.7 Å². The summed E-state index contributed by atoms with van der Waals surface area (Å²) < 4.78 is 1.48. The first-order valence-corrected chi connectivity index (χ1v) is 25.8. The Hall–Kier alpha value is -2.51. The summed E-state index contributed by atoms with van der Waals surface area (Å²) in [4.78, 5) is 0. The van der Waals surface area contributed by atoms with Crippen molar-refractivity contribution in [3.05, 3.63) is 87.5 Å². The van der Waals surface area contributed by atoms with Crippen LogP contribution in [0, 0.1) is 18.8 Å². The van der Waals surface area contributed by atoms with Crippen molar-refractivity contribution in [1.29, 1.82) is 0 Å². The Labute approximate surface area is 394 Å². The largest absolute Gasteiger partial charge is 0.493 e. The summed E-state index contributed by atoms with van der Waals surface area (Å²) in [5, 5.41) is 16.1. The summed E-state index contributed by atoms with van der Waals surface area (Å²) in [6.45, 7) is 13.8. The molecule has 1 aliphatic heterocycles. The summed E-state index contributed by atoms with van der Waals surface area (Å²) in [5.41, 5.74) is 20.7. The molecule has 2 aromatic rings. The number of aliphatic hydroxyl groups is 2. The van der Waals surface area contributed by atoms with E-state index in [4.69, 9.17) is 10.2 Å². The molecule has 4 nitrogen and oxygen atoms in total. The Morgan fingerprint density at radius 2 is 0.919 bits per heavy atom. The van der Waals surface area contributed by atoms with E-state index in [1.54, 1.807) is 0 Å². The predicted octanol–water partition coefficient (Wildman–Crippen LogP) is 17.5. The smallest absolute Gasteiger partial charge is 0.223 e. The number of hydrogen-bond donors (Lipinski definition) is 2. The monoisotopic (exact) mass is 897 g/mol. The number of rotatable bonds is 32. The second-order valence-corrected chi connectivity index (χ2v) is 17.6. The van der Waals surface area contributed by atoms with E-state index in [0.29, 0.717) is 13.2 Å². The molecule has 0 unspecified atom stereocenters. The van der Waals surface area contributed by atoms with Crippen molar-refractivity contribution >= 4 is 11.4 Å². The summed E-state index contributed by atoms with van der Waals surface area (Å²) in [7, 11) is 0. The number of allylic oxidation sites excluding steroid dienone is 2. The molecule has 1 heterocycles. The van der Waals surface area contributed by atoms with Crippen LogP contribution < -0.4 is 0 Å². The molecule has 3 rings (SSSR count). The molecule has 0 saturated heterocycles. The average Bonchev–Trinajstić information content (AvgIpc) is 3.54. The molecule has 0 fully saturated rings. The van der Waals surface area contributed by atoms with E-state index in [-0.39, 0.29) is 16.5 Å². The van der Waals surface area contributed by atoms with Crippen molar-refractivity contribution < 1.29 is 31.4 Å². The van der Waals surface area contributed by atoms with Gasteiger partial charge >= 0.3 is 0 Å². The average molecular weight is 898 g/mol. The van der Waals surface area contributed by atoms with Crippen molar-refractivity contribution in [1.82, 2.24) is 0 Å². The van der Waals surface area contributed by atoms with Crippen molar-refractivity contribution in [3.63, 3.8) is 0 Å². The van der Waals surface area contributed by atoms with E-state index in [2.05, 4.69) is 102 Å². The van der Waals surface area contributed by atoms with Crippen LogP contribution in [0.15, 0.2) is 59.7 Å². The van der Waals surface area contributed by atoms with Crippen LogP contribution in [0.4, 0.5) is 0 Å². The molecule has 62 heavy (non-hydrogen) atoms. The molecule has 0 aliphatic carbocycles. The van der Waals surface area contributed by atoms with Crippen LogP contribution in [-0.4, -0.2) is 28.1 Å². The normalized spacial score (nSPS) is 12.0. The molecule has 0 amide bonds. The maximum absolute atomic E-state index is 12.0. The molecule has 0 aromatic heterocycles. The second-order valence-electron chi connectivity index (χ2n) is 17.6. The van der Waals surface area contributed by atoms with Gasteiger partial charge in [0.05, 0.1) is 0 Å². The van der Waals surface area contributed by atoms with E-state index < -0.39 is 0 Å². The van der Waals surface area contributed by atoms with E-state index in [0.717, 1.165) is 92.3 Å². The Balaban J connectivity index is 0.00000302. The maximum Gasteiger partial charge on any atom is 0.223 e. The molecule has 0 bridgehead atoms. The van der Waals surface area contributed by atoms with Gasteiger partial charge in [0.15, 0.2) is 0 Å². The van der Waals surface area contributed by atoms with E-state index in [1.807, 2.05) is 0 Å². The summed E-state index contributed by atoms with van der Waals surface area (Å²) >= 11 is 0. The molecule has 0 atom stereocenters. The first kappa shape index (κ1) is 59.5.